The van der Waals surface area contributed by atoms with E-state index >= 15 is 0 Å². The van der Waals surface area contributed by atoms with Crippen molar-refractivity contribution >= 4 is 17.7 Å². The molecule has 0 unspecified atom stereocenters. The van der Waals surface area contributed by atoms with E-state index in [9.17, 15) is 4.79 Å². The van der Waals surface area contributed by atoms with Crippen LogP contribution >= 0.6 is 11.6 Å². The SMILES string of the molecule is CCOC(=O)N1CCCC[C@@H]1CCCl. The monoisotopic (exact) mass is 219 g/mol. The van der Waals surface area contributed by atoms with Crippen LogP contribution in [0.4, 0.5) is 4.79 Å². The topological polar surface area (TPSA) is 29.5 Å². The fourth-order valence-electron chi connectivity index (χ4n) is 1.87. The lowest BCUT2D eigenvalue weighted by Gasteiger charge is -2.34. The molecule has 1 fully saturated rings. The molecule has 1 saturated heterocycles. The van der Waals surface area contributed by atoms with Crippen molar-refractivity contribution in [3.63, 3.8) is 0 Å². The van der Waals surface area contributed by atoms with Crippen LogP contribution in [0.2, 0.25) is 0 Å². The average molecular weight is 220 g/mol. The third kappa shape index (κ3) is 3.05. The average Bonchev–Trinajstić information content (AvgIpc) is 2.19. The molecule has 1 aliphatic rings. The van der Waals surface area contributed by atoms with E-state index in [2.05, 4.69) is 0 Å². The van der Waals surface area contributed by atoms with E-state index in [1.54, 1.807) is 0 Å². The molecule has 0 bridgehead atoms. The van der Waals surface area contributed by atoms with E-state index < -0.39 is 0 Å². The fourth-order valence-corrected chi connectivity index (χ4v) is 2.13. The summed E-state index contributed by atoms with van der Waals surface area (Å²) in [7, 11) is 0. The summed E-state index contributed by atoms with van der Waals surface area (Å²) in [4.78, 5) is 13.4. The molecule has 3 nitrogen and oxygen atoms in total. The van der Waals surface area contributed by atoms with Crippen LogP contribution < -0.4 is 0 Å². The van der Waals surface area contributed by atoms with Crippen molar-refractivity contribution in [3.8, 4) is 0 Å². The number of hydrogen-bond acceptors (Lipinski definition) is 2. The number of likely N-dealkylation sites (tertiary alicyclic amines) is 1. The van der Waals surface area contributed by atoms with Crippen molar-refractivity contribution in [2.45, 2.75) is 38.6 Å². The molecule has 1 atom stereocenters. The van der Waals surface area contributed by atoms with Gasteiger partial charge in [0.2, 0.25) is 0 Å². The maximum absolute atomic E-state index is 11.5. The Bertz CT molecular complexity index is 185. The molecule has 1 amide bonds. The molecular weight excluding hydrogens is 202 g/mol. The number of carbonyl (C=O) groups is 1. The number of rotatable bonds is 3. The highest BCUT2D eigenvalue weighted by atomic mass is 35.5. The van der Waals surface area contributed by atoms with E-state index in [1.165, 1.54) is 6.42 Å². The maximum Gasteiger partial charge on any atom is 0.409 e. The molecule has 1 aliphatic heterocycles. The van der Waals surface area contributed by atoms with Gasteiger partial charge in [0.1, 0.15) is 0 Å². The first-order valence-electron chi connectivity index (χ1n) is 5.29. The molecule has 0 N–H and O–H groups in total. The number of carbonyl (C=O) groups excluding carboxylic acids is 1. The Kier molecular flexibility index (Phi) is 5.09. The van der Waals surface area contributed by atoms with Crippen LogP contribution in [0.1, 0.15) is 32.6 Å². The predicted molar refractivity (Wildman–Crippen MR) is 56.7 cm³/mol. The minimum absolute atomic E-state index is 0.178. The molecule has 14 heavy (non-hydrogen) atoms. The second-order valence-corrected chi connectivity index (χ2v) is 3.90. The van der Waals surface area contributed by atoms with E-state index in [-0.39, 0.29) is 6.09 Å². The van der Waals surface area contributed by atoms with Crippen molar-refractivity contribution in [1.82, 2.24) is 4.90 Å². The molecular formula is C10H18ClNO2. The maximum atomic E-state index is 11.5. The third-order valence-electron chi connectivity index (χ3n) is 2.57. The number of alkyl halides is 1. The Labute approximate surface area is 90.4 Å². The lowest BCUT2D eigenvalue weighted by atomic mass is 10.0. The zero-order valence-corrected chi connectivity index (χ0v) is 9.42. The molecule has 0 aromatic carbocycles. The van der Waals surface area contributed by atoms with E-state index in [0.717, 1.165) is 25.8 Å². The normalized spacial score (nSPS) is 22.1. The van der Waals surface area contributed by atoms with Crippen LogP contribution in [0.25, 0.3) is 0 Å². The van der Waals surface area contributed by atoms with Gasteiger partial charge < -0.3 is 9.64 Å². The summed E-state index contributed by atoms with van der Waals surface area (Å²) in [6.45, 7) is 3.10. The van der Waals surface area contributed by atoms with Crippen LogP contribution in [-0.2, 0) is 4.74 Å². The molecule has 4 heteroatoms. The Hall–Kier alpha value is -0.440. The van der Waals surface area contributed by atoms with Gasteiger partial charge in [-0.15, -0.1) is 11.6 Å². The summed E-state index contributed by atoms with van der Waals surface area (Å²) in [5, 5.41) is 0. The molecule has 0 saturated carbocycles. The van der Waals surface area contributed by atoms with Gasteiger partial charge in [0, 0.05) is 18.5 Å². The number of nitrogens with zero attached hydrogens (tertiary/aromatic N) is 1. The first kappa shape index (κ1) is 11.6. The first-order valence-corrected chi connectivity index (χ1v) is 5.82. The van der Waals surface area contributed by atoms with Gasteiger partial charge in [-0.25, -0.2) is 4.79 Å². The standard InChI is InChI=1S/C10H18ClNO2/c1-2-14-10(13)12-8-4-3-5-9(12)6-7-11/h9H,2-8H2,1H3/t9-/m1/s1. The second kappa shape index (κ2) is 6.12. The Morgan fingerprint density at radius 2 is 2.36 bits per heavy atom. The molecule has 82 valence electrons. The van der Waals surface area contributed by atoms with Gasteiger partial charge in [0.25, 0.3) is 0 Å². The van der Waals surface area contributed by atoms with Crippen molar-refractivity contribution in [1.29, 1.82) is 0 Å². The van der Waals surface area contributed by atoms with Crippen molar-refractivity contribution in [2.24, 2.45) is 0 Å². The lowest BCUT2D eigenvalue weighted by molar-refractivity contribution is 0.0760. The van der Waals surface area contributed by atoms with Gasteiger partial charge in [0.05, 0.1) is 6.61 Å². The Morgan fingerprint density at radius 3 is 3.00 bits per heavy atom. The van der Waals surface area contributed by atoms with Gasteiger partial charge in [-0.2, -0.15) is 0 Å². The summed E-state index contributed by atoms with van der Waals surface area (Å²) in [6, 6.07) is 0.292. The minimum Gasteiger partial charge on any atom is -0.450 e. The number of halogens is 1. The van der Waals surface area contributed by atoms with Crippen molar-refractivity contribution in [2.75, 3.05) is 19.0 Å². The largest absolute Gasteiger partial charge is 0.450 e. The minimum atomic E-state index is -0.178. The number of hydrogen-bond donors (Lipinski definition) is 0. The van der Waals surface area contributed by atoms with Crippen LogP contribution in [0.15, 0.2) is 0 Å². The van der Waals surface area contributed by atoms with Gasteiger partial charge in [-0.05, 0) is 32.6 Å². The third-order valence-corrected chi connectivity index (χ3v) is 2.79. The molecule has 0 aliphatic carbocycles. The Morgan fingerprint density at radius 1 is 1.57 bits per heavy atom. The molecule has 0 spiro atoms. The fraction of sp³-hybridized carbons (Fsp3) is 0.900. The molecule has 0 aromatic rings. The second-order valence-electron chi connectivity index (χ2n) is 3.52. The first-order chi connectivity index (χ1) is 6.79. The summed E-state index contributed by atoms with van der Waals surface area (Å²) in [6.07, 6.45) is 4.03. The zero-order chi connectivity index (χ0) is 10.4. The van der Waals surface area contributed by atoms with Crippen LogP contribution in [0, 0.1) is 0 Å². The van der Waals surface area contributed by atoms with Crippen molar-refractivity contribution in [3.05, 3.63) is 0 Å². The number of ether oxygens (including phenoxy) is 1. The highest BCUT2D eigenvalue weighted by molar-refractivity contribution is 6.17. The number of amides is 1. The molecule has 0 radical (unpaired) electrons. The van der Waals surface area contributed by atoms with E-state index in [0.29, 0.717) is 18.5 Å². The van der Waals surface area contributed by atoms with Crippen LogP contribution in [0.5, 0.6) is 0 Å². The number of piperidine rings is 1. The van der Waals surface area contributed by atoms with Crippen LogP contribution in [-0.4, -0.2) is 36.1 Å². The van der Waals surface area contributed by atoms with Gasteiger partial charge in [0.15, 0.2) is 0 Å². The summed E-state index contributed by atoms with van der Waals surface area (Å²) in [5.74, 6) is 0.612. The van der Waals surface area contributed by atoms with Gasteiger partial charge in [-0.3, -0.25) is 0 Å². The molecule has 1 heterocycles. The lowest BCUT2D eigenvalue weighted by Crippen LogP contribution is -2.44. The van der Waals surface area contributed by atoms with Crippen LogP contribution in [0.3, 0.4) is 0 Å². The molecule has 1 rings (SSSR count). The van der Waals surface area contributed by atoms with Gasteiger partial charge >= 0.3 is 6.09 Å². The Balaban J connectivity index is 2.48. The highest BCUT2D eigenvalue weighted by Gasteiger charge is 2.26. The zero-order valence-electron chi connectivity index (χ0n) is 8.67. The van der Waals surface area contributed by atoms with E-state index in [1.807, 2.05) is 11.8 Å². The van der Waals surface area contributed by atoms with Gasteiger partial charge in [-0.1, -0.05) is 0 Å². The van der Waals surface area contributed by atoms with Crippen molar-refractivity contribution < 1.29 is 9.53 Å². The summed E-state index contributed by atoms with van der Waals surface area (Å²) >= 11 is 5.70. The molecule has 0 aromatic heterocycles. The predicted octanol–water partition coefficient (Wildman–Crippen LogP) is 2.63. The summed E-state index contributed by atoms with van der Waals surface area (Å²) < 4.78 is 5.00. The quantitative estimate of drug-likeness (QED) is 0.683. The smallest absolute Gasteiger partial charge is 0.409 e. The van der Waals surface area contributed by atoms with E-state index in [4.69, 9.17) is 16.3 Å². The highest BCUT2D eigenvalue weighted by Crippen LogP contribution is 2.20. The summed E-state index contributed by atoms with van der Waals surface area (Å²) in [5.41, 5.74) is 0.